The second-order valence-corrected chi connectivity index (χ2v) is 6.38. The first-order valence-corrected chi connectivity index (χ1v) is 8.44. The zero-order valence-corrected chi connectivity index (χ0v) is 15.6. The number of nitrogens with zero attached hydrogens (tertiary/aromatic N) is 4. The number of aryl methyl sites for hydroxylation is 3. The summed E-state index contributed by atoms with van der Waals surface area (Å²) in [6, 6.07) is 7.70. The molecular formula is C19H20FN5O2. The van der Waals surface area contributed by atoms with Crippen LogP contribution in [-0.4, -0.2) is 25.2 Å². The number of rotatable bonds is 4. The van der Waals surface area contributed by atoms with E-state index in [-0.39, 0.29) is 23.7 Å². The molecule has 0 saturated carbocycles. The van der Waals surface area contributed by atoms with E-state index in [2.05, 4.69) is 15.4 Å². The van der Waals surface area contributed by atoms with Gasteiger partial charge in [-0.15, -0.1) is 0 Å². The van der Waals surface area contributed by atoms with Gasteiger partial charge in [-0.3, -0.25) is 14.2 Å². The lowest BCUT2D eigenvalue weighted by atomic mass is 10.2. The van der Waals surface area contributed by atoms with Gasteiger partial charge >= 0.3 is 0 Å². The zero-order valence-electron chi connectivity index (χ0n) is 15.6. The van der Waals surface area contributed by atoms with Crippen molar-refractivity contribution in [3.8, 4) is 5.95 Å². The highest BCUT2D eigenvalue weighted by atomic mass is 19.1. The minimum Gasteiger partial charge on any atom is -0.322 e. The highest BCUT2D eigenvalue weighted by molar-refractivity contribution is 5.90. The Morgan fingerprint density at radius 3 is 2.52 bits per heavy atom. The zero-order chi connectivity index (χ0) is 19.7. The van der Waals surface area contributed by atoms with E-state index in [1.807, 2.05) is 19.9 Å². The Kier molecular flexibility index (Phi) is 4.89. The van der Waals surface area contributed by atoms with Gasteiger partial charge in [0.1, 0.15) is 12.4 Å². The normalized spacial score (nSPS) is 10.9. The largest absolute Gasteiger partial charge is 0.322 e. The second-order valence-electron chi connectivity index (χ2n) is 6.38. The molecule has 0 bridgehead atoms. The molecule has 2 heterocycles. The maximum Gasteiger partial charge on any atom is 0.258 e. The lowest BCUT2D eigenvalue weighted by Gasteiger charge is -2.15. The number of aromatic nitrogens is 4. The molecule has 7 nitrogen and oxygen atoms in total. The molecule has 2 aromatic heterocycles. The molecule has 0 atom stereocenters. The summed E-state index contributed by atoms with van der Waals surface area (Å²) >= 11 is 0. The van der Waals surface area contributed by atoms with Gasteiger partial charge in [0, 0.05) is 17.0 Å². The van der Waals surface area contributed by atoms with E-state index in [9.17, 15) is 14.0 Å². The van der Waals surface area contributed by atoms with Gasteiger partial charge in [-0.25, -0.2) is 14.1 Å². The standard InChI is InChI=1S/C19H20FN5O2/c1-11-9-12(2)25(23-11)19-21-14(4)13(3)18(27)24(19)10-17(26)22-16-8-6-5-7-15(16)20/h5-9H,10H2,1-4H3,(H,22,26). The van der Waals surface area contributed by atoms with Crippen LogP contribution in [0.25, 0.3) is 5.95 Å². The molecule has 0 radical (unpaired) electrons. The number of hydrogen-bond donors (Lipinski definition) is 1. The lowest BCUT2D eigenvalue weighted by molar-refractivity contribution is -0.116. The maximum absolute atomic E-state index is 13.8. The van der Waals surface area contributed by atoms with Crippen molar-refractivity contribution in [3.63, 3.8) is 0 Å². The van der Waals surface area contributed by atoms with Crippen LogP contribution in [0.2, 0.25) is 0 Å². The fraction of sp³-hybridized carbons (Fsp3) is 0.263. The quantitative estimate of drug-likeness (QED) is 0.766. The predicted molar refractivity (Wildman–Crippen MR) is 99.6 cm³/mol. The molecule has 3 aromatic rings. The van der Waals surface area contributed by atoms with E-state index < -0.39 is 11.7 Å². The molecule has 1 aromatic carbocycles. The Bertz CT molecular complexity index is 1080. The number of carbonyl (C=O) groups is 1. The number of hydrogen-bond acceptors (Lipinski definition) is 4. The summed E-state index contributed by atoms with van der Waals surface area (Å²) < 4.78 is 16.6. The van der Waals surface area contributed by atoms with Crippen molar-refractivity contribution < 1.29 is 9.18 Å². The highest BCUT2D eigenvalue weighted by Crippen LogP contribution is 2.14. The molecule has 1 amide bonds. The van der Waals surface area contributed by atoms with Crippen LogP contribution in [0.1, 0.15) is 22.6 Å². The summed E-state index contributed by atoms with van der Waals surface area (Å²) in [5, 5.41) is 6.85. The number of carbonyl (C=O) groups excluding carboxylic acids is 1. The van der Waals surface area contributed by atoms with E-state index in [1.54, 1.807) is 19.9 Å². The molecule has 0 fully saturated rings. The van der Waals surface area contributed by atoms with Crippen molar-refractivity contribution >= 4 is 11.6 Å². The molecule has 0 aliphatic carbocycles. The fourth-order valence-electron chi connectivity index (χ4n) is 2.77. The number of benzene rings is 1. The fourth-order valence-corrected chi connectivity index (χ4v) is 2.77. The van der Waals surface area contributed by atoms with Crippen molar-refractivity contribution in [1.29, 1.82) is 0 Å². The van der Waals surface area contributed by atoms with Crippen LogP contribution < -0.4 is 10.9 Å². The Hall–Kier alpha value is -3.29. The molecule has 1 N–H and O–H groups in total. The summed E-state index contributed by atoms with van der Waals surface area (Å²) in [6.45, 7) is 6.74. The van der Waals surface area contributed by atoms with Gasteiger partial charge in [0.15, 0.2) is 0 Å². The van der Waals surface area contributed by atoms with E-state index in [4.69, 9.17) is 0 Å². The molecule has 0 spiro atoms. The van der Waals surface area contributed by atoms with Crippen LogP contribution >= 0.6 is 0 Å². The summed E-state index contributed by atoms with van der Waals surface area (Å²) in [6.07, 6.45) is 0. The number of para-hydroxylation sites is 1. The average molecular weight is 369 g/mol. The molecule has 8 heteroatoms. The van der Waals surface area contributed by atoms with Gasteiger partial charge in [-0.1, -0.05) is 12.1 Å². The van der Waals surface area contributed by atoms with Crippen molar-refractivity contribution in [1.82, 2.24) is 19.3 Å². The van der Waals surface area contributed by atoms with Crippen LogP contribution in [0, 0.1) is 33.5 Å². The number of anilines is 1. The minimum absolute atomic E-state index is 0.0556. The van der Waals surface area contributed by atoms with E-state index >= 15 is 0 Å². The Balaban J connectivity index is 2.03. The predicted octanol–water partition coefficient (Wildman–Crippen LogP) is 2.44. The molecular weight excluding hydrogens is 349 g/mol. The van der Waals surface area contributed by atoms with Gasteiger partial charge in [0.25, 0.3) is 5.56 Å². The Morgan fingerprint density at radius 1 is 1.19 bits per heavy atom. The lowest BCUT2D eigenvalue weighted by Crippen LogP contribution is -2.34. The summed E-state index contributed by atoms with van der Waals surface area (Å²) in [5.74, 6) is -0.831. The van der Waals surface area contributed by atoms with Crippen molar-refractivity contribution in [2.24, 2.45) is 0 Å². The SMILES string of the molecule is Cc1cc(C)n(-c2nc(C)c(C)c(=O)n2CC(=O)Nc2ccccc2F)n1. The highest BCUT2D eigenvalue weighted by Gasteiger charge is 2.18. The van der Waals surface area contributed by atoms with Gasteiger partial charge < -0.3 is 5.32 Å². The second kappa shape index (κ2) is 7.14. The molecule has 0 aliphatic heterocycles. The molecule has 27 heavy (non-hydrogen) atoms. The molecule has 0 saturated heterocycles. The number of amides is 1. The van der Waals surface area contributed by atoms with E-state index in [0.29, 0.717) is 11.3 Å². The van der Waals surface area contributed by atoms with Gasteiger partial charge in [-0.2, -0.15) is 5.10 Å². The van der Waals surface area contributed by atoms with Crippen LogP contribution in [0.5, 0.6) is 0 Å². The Morgan fingerprint density at radius 2 is 1.89 bits per heavy atom. The smallest absolute Gasteiger partial charge is 0.258 e. The van der Waals surface area contributed by atoms with Crippen molar-refractivity contribution in [3.05, 3.63) is 69.1 Å². The molecule has 140 valence electrons. The van der Waals surface area contributed by atoms with Crippen LogP contribution in [0.4, 0.5) is 10.1 Å². The first-order valence-electron chi connectivity index (χ1n) is 8.44. The Labute approximate surface area is 155 Å². The topological polar surface area (TPSA) is 81.8 Å². The monoisotopic (exact) mass is 369 g/mol. The third-order valence-electron chi connectivity index (χ3n) is 4.27. The van der Waals surface area contributed by atoms with Crippen LogP contribution in [0.3, 0.4) is 0 Å². The average Bonchev–Trinajstić information content (AvgIpc) is 2.95. The molecule has 0 unspecified atom stereocenters. The summed E-state index contributed by atoms with van der Waals surface area (Å²) in [4.78, 5) is 29.7. The third-order valence-corrected chi connectivity index (χ3v) is 4.27. The van der Waals surface area contributed by atoms with Crippen LogP contribution in [0.15, 0.2) is 35.1 Å². The minimum atomic E-state index is -0.546. The molecule has 0 aliphatic rings. The van der Waals surface area contributed by atoms with E-state index in [1.165, 1.54) is 27.4 Å². The van der Waals surface area contributed by atoms with E-state index in [0.717, 1.165) is 11.4 Å². The first-order chi connectivity index (χ1) is 12.8. The first kappa shape index (κ1) is 18.5. The van der Waals surface area contributed by atoms with Gasteiger partial charge in [0.2, 0.25) is 11.9 Å². The third kappa shape index (κ3) is 3.64. The number of halogens is 1. The molecule has 3 rings (SSSR count). The summed E-state index contributed by atoms with van der Waals surface area (Å²) in [5.41, 5.74) is 2.27. The van der Waals surface area contributed by atoms with Crippen molar-refractivity contribution in [2.45, 2.75) is 34.2 Å². The van der Waals surface area contributed by atoms with Crippen molar-refractivity contribution in [2.75, 3.05) is 5.32 Å². The number of nitrogens with one attached hydrogen (secondary N) is 1. The summed E-state index contributed by atoms with van der Waals surface area (Å²) in [7, 11) is 0. The van der Waals surface area contributed by atoms with Crippen LogP contribution in [-0.2, 0) is 11.3 Å². The maximum atomic E-state index is 13.8. The van der Waals surface area contributed by atoms with Gasteiger partial charge in [-0.05, 0) is 45.9 Å². The van der Waals surface area contributed by atoms with Gasteiger partial charge in [0.05, 0.1) is 11.4 Å².